The molecule has 0 fully saturated rings. The zero-order valence-corrected chi connectivity index (χ0v) is 42.7. The van der Waals surface area contributed by atoms with E-state index >= 15 is 0 Å². The van der Waals surface area contributed by atoms with Crippen LogP contribution in [-0.4, -0.2) is 104 Å². The lowest BCUT2D eigenvalue weighted by Gasteiger charge is -2.24. The summed E-state index contributed by atoms with van der Waals surface area (Å²) in [7, 11) is 0. The van der Waals surface area contributed by atoms with E-state index in [4.69, 9.17) is 28.7 Å². The minimum Gasteiger partial charge on any atom is -0.370 e. The molecule has 0 aliphatic carbocycles. The second-order valence-corrected chi connectivity index (χ2v) is 18.3. The molecule has 0 spiro atoms. The molecule has 0 aliphatic rings. The Bertz CT molecular complexity index is 1360. The Morgan fingerprint density at radius 3 is 1.16 bits per heavy atom. The van der Waals surface area contributed by atoms with Crippen LogP contribution in [0.1, 0.15) is 219 Å². The summed E-state index contributed by atoms with van der Waals surface area (Å²) in [5.41, 5.74) is 27.2. The molecule has 0 heterocycles. The Hall–Kier alpha value is -4.64. The van der Waals surface area contributed by atoms with Crippen molar-refractivity contribution in [1.29, 1.82) is 0 Å². The van der Waals surface area contributed by atoms with Gasteiger partial charge in [0.1, 0.15) is 12.1 Å². The minimum atomic E-state index is -1.08. The fourth-order valence-electron chi connectivity index (χ4n) is 7.93. The lowest BCUT2D eigenvalue weighted by molar-refractivity contribution is -0.135. The molecular formula is C50H98N12O6. The average molecular weight is 963 g/mol. The Balaban J connectivity index is 5.24. The second kappa shape index (κ2) is 44.8. The number of rotatable bonds is 47. The molecule has 0 aliphatic heterocycles. The summed E-state index contributed by atoms with van der Waals surface area (Å²) in [6, 6.07) is -2.12. The molecule has 0 aromatic rings. The molecule has 18 heteroatoms. The third kappa shape index (κ3) is 40.4. The molecule has 0 unspecified atom stereocenters. The van der Waals surface area contributed by atoms with Gasteiger partial charge < -0.3 is 54.8 Å². The van der Waals surface area contributed by atoms with E-state index in [0.717, 1.165) is 38.5 Å². The molecule has 68 heavy (non-hydrogen) atoms. The maximum atomic E-state index is 13.6. The van der Waals surface area contributed by atoms with Crippen LogP contribution in [0, 0.1) is 0 Å². The molecule has 0 saturated carbocycles. The van der Waals surface area contributed by atoms with Gasteiger partial charge in [-0.1, -0.05) is 155 Å². The van der Waals surface area contributed by atoms with Crippen LogP contribution in [0.2, 0.25) is 0 Å². The predicted octanol–water partition coefficient (Wildman–Crippen LogP) is 5.57. The van der Waals surface area contributed by atoms with E-state index in [0.29, 0.717) is 25.7 Å². The van der Waals surface area contributed by atoms with Gasteiger partial charge in [0.2, 0.25) is 35.4 Å². The lowest BCUT2D eigenvalue weighted by Crippen LogP contribution is -2.53. The summed E-state index contributed by atoms with van der Waals surface area (Å²) in [4.78, 5) is 87.2. The summed E-state index contributed by atoms with van der Waals surface area (Å²) < 4.78 is 0. The number of aliphatic imine (C=N–C) groups is 2. The van der Waals surface area contributed by atoms with Crippen LogP contribution < -0.4 is 49.9 Å². The molecule has 2 atom stereocenters. The summed E-state index contributed by atoms with van der Waals surface area (Å²) in [6.07, 6.45) is 30.5. The van der Waals surface area contributed by atoms with Crippen molar-refractivity contribution in [3.63, 3.8) is 0 Å². The highest BCUT2D eigenvalue weighted by Crippen LogP contribution is 2.14. The van der Waals surface area contributed by atoms with Gasteiger partial charge in [0.05, 0.1) is 0 Å². The van der Waals surface area contributed by atoms with Gasteiger partial charge in [0, 0.05) is 65.0 Å². The molecule has 6 amide bonds. The van der Waals surface area contributed by atoms with E-state index in [9.17, 15) is 28.8 Å². The van der Waals surface area contributed by atoms with Crippen molar-refractivity contribution in [2.24, 2.45) is 38.7 Å². The number of hydrogen-bond acceptors (Lipinski definition) is 8. The maximum Gasteiger partial charge on any atom is 0.243 e. The van der Waals surface area contributed by atoms with Crippen LogP contribution >= 0.6 is 0 Å². The highest BCUT2D eigenvalue weighted by molar-refractivity contribution is 5.92. The van der Waals surface area contributed by atoms with E-state index in [-0.39, 0.29) is 94.6 Å². The fraction of sp³-hybridized carbons (Fsp3) is 0.840. The van der Waals surface area contributed by atoms with Crippen molar-refractivity contribution in [2.75, 3.05) is 39.3 Å². The third-order valence-corrected chi connectivity index (χ3v) is 12.0. The van der Waals surface area contributed by atoms with Crippen LogP contribution in [0.5, 0.6) is 0 Å². The number of hydrogen-bond donors (Lipinski definition) is 9. The highest BCUT2D eigenvalue weighted by Gasteiger charge is 2.26. The number of guanidine groups is 2. The zero-order valence-electron chi connectivity index (χ0n) is 42.7. The smallest absolute Gasteiger partial charge is 0.243 e. The normalized spacial score (nSPS) is 11.8. The first-order chi connectivity index (χ1) is 32.8. The average Bonchev–Trinajstić information content (AvgIpc) is 3.30. The van der Waals surface area contributed by atoms with Crippen molar-refractivity contribution in [1.82, 2.24) is 26.2 Å². The van der Waals surface area contributed by atoms with Gasteiger partial charge in [-0.05, 0) is 38.5 Å². The summed E-state index contributed by atoms with van der Waals surface area (Å²) in [5.74, 6) is -2.67. The minimum absolute atomic E-state index is 0.0731. The molecule has 14 N–H and O–H groups in total. The number of carbonyl (C=O) groups excluding carboxylic acids is 6. The largest absolute Gasteiger partial charge is 0.370 e. The lowest BCUT2D eigenvalue weighted by atomic mass is 10.0. The van der Waals surface area contributed by atoms with Gasteiger partial charge >= 0.3 is 0 Å². The molecule has 0 bridgehead atoms. The molecule has 394 valence electrons. The summed E-state index contributed by atoms with van der Waals surface area (Å²) in [6.45, 7) is 5.75. The Morgan fingerprint density at radius 1 is 0.426 bits per heavy atom. The molecule has 0 rings (SSSR count). The molecule has 0 radical (unpaired) electrons. The quantitative estimate of drug-likeness (QED) is 0.0207. The van der Waals surface area contributed by atoms with Crippen LogP contribution in [0.3, 0.4) is 0 Å². The van der Waals surface area contributed by atoms with Gasteiger partial charge in [-0.2, -0.15) is 0 Å². The van der Waals surface area contributed by atoms with Crippen molar-refractivity contribution >= 4 is 47.4 Å². The van der Waals surface area contributed by atoms with Gasteiger partial charge in [-0.25, -0.2) is 0 Å². The number of primary amides is 1. The number of amides is 6. The molecular weight excluding hydrogens is 865 g/mol. The number of unbranched alkanes of at least 4 members (excludes halogenated alkanes) is 22. The molecule has 0 saturated heterocycles. The molecule has 18 nitrogen and oxygen atoms in total. The number of nitrogens with zero attached hydrogens (tertiary/aromatic N) is 3. The Kier molecular flexibility index (Phi) is 41.8. The first-order valence-corrected chi connectivity index (χ1v) is 26.6. The first kappa shape index (κ1) is 63.4. The standard InChI is InChI=1S/C50H98N12O6/c1-3-5-7-9-11-13-15-17-19-21-23-25-31-43(63)56-37-39-62(40-38-57-44(64)32-26-24-22-20-18-16-14-12-10-8-6-4-2)46(66)34-33-45(65)60-42(30-28-36-59-50(54)55)48(68)61-41(47(51)67)29-27-35-58-49(52)53/h41-42H,3-40H2,1-2H3,(H2,51,67)(H,56,63)(H,57,64)(H,60,65)(H,61,68)(H4,52,53,58)(H4,54,55,59)/t41-,42-/m0/s1. The first-order valence-electron chi connectivity index (χ1n) is 26.6. The zero-order chi connectivity index (χ0) is 50.5. The van der Waals surface area contributed by atoms with Crippen molar-refractivity contribution < 1.29 is 28.8 Å². The van der Waals surface area contributed by atoms with Gasteiger partial charge in [-0.3, -0.25) is 38.8 Å². The summed E-state index contributed by atoms with van der Waals surface area (Å²) in [5, 5.41) is 11.2. The highest BCUT2D eigenvalue weighted by atomic mass is 16.2. The van der Waals surface area contributed by atoms with E-state index in [2.05, 4.69) is 45.1 Å². The van der Waals surface area contributed by atoms with E-state index in [1.54, 1.807) is 4.90 Å². The van der Waals surface area contributed by atoms with Crippen LogP contribution in [-0.2, 0) is 28.8 Å². The van der Waals surface area contributed by atoms with Gasteiger partial charge in [0.25, 0.3) is 0 Å². The number of nitrogens with one attached hydrogen (secondary N) is 4. The van der Waals surface area contributed by atoms with Gasteiger partial charge in [0.15, 0.2) is 11.9 Å². The Labute approximate surface area is 410 Å². The van der Waals surface area contributed by atoms with Crippen LogP contribution in [0.25, 0.3) is 0 Å². The fourth-order valence-corrected chi connectivity index (χ4v) is 7.93. The second-order valence-electron chi connectivity index (χ2n) is 18.3. The number of nitrogens with two attached hydrogens (primary N) is 5. The van der Waals surface area contributed by atoms with Crippen molar-refractivity contribution in [3.8, 4) is 0 Å². The van der Waals surface area contributed by atoms with Gasteiger partial charge in [-0.15, -0.1) is 0 Å². The molecule has 0 aromatic carbocycles. The topological polar surface area (TPSA) is 309 Å². The van der Waals surface area contributed by atoms with Crippen LogP contribution in [0.15, 0.2) is 9.98 Å². The number of carbonyl (C=O) groups is 6. The third-order valence-electron chi connectivity index (χ3n) is 12.0. The monoisotopic (exact) mass is 963 g/mol. The van der Waals surface area contributed by atoms with Crippen molar-refractivity contribution in [2.45, 2.75) is 231 Å². The predicted molar refractivity (Wildman–Crippen MR) is 276 cm³/mol. The maximum absolute atomic E-state index is 13.6. The van der Waals surface area contributed by atoms with E-state index in [1.165, 1.54) is 116 Å². The SMILES string of the molecule is CCCCCCCCCCCCCCC(=O)NCCN(CCNC(=O)CCCCCCCCCCCCCC)C(=O)CCC(=O)N[C@@H](CCCN=C(N)N)C(=O)N[C@@H](CCCN=C(N)N)C(N)=O. The van der Waals surface area contributed by atoms with Crippen LogP contribution in [0.4, 0.5) is 0 Å². The van der Waals surface area contributed by atoms with E-state index in [1.807, 2.05) is 0 Å². The van der Waals surface area contributed by atoms with E-state index < -0.39 is 29.8 Å². The summed E-state index contributed by atoms with van der Waals surface area (Å²) >= 11 is 0. The Morgan fingerprint density at radius 2 is 0.794 bits per heavy atom. The molecule has 0 aromatic heterocycles. The van der Waals surface area contributed by atoms with Crippen molar-refractivity contribution in [3.05, 3.63) is 0 Å².